The maximum absolute atomic E-state index is 8.90. The summed E-state index contributed by atoms with van der Waals surface area (Å²) in [5.74, 6) is 0. The monoisotopic (exact) mass is 180 g/mol. The first kappa shape index (κ1) is 9.89. The number of hydrogen-bond acceptors (Lipinski definition) is 4. The summed E-state index contributed by atoms with van der Waals surface area (Å²) in [5.41, 5.74) is 7.27. The Morgan fingerprint density at radius 2 is 1.92 bits per heavy atom. The molecule has 1 aromatic rings. The van der Waals surface area contributed by atoms with Crippen LogP contribution in [-0.2, 0) is 0 Å². The van der Waals surface area contributed by atoms with Crippen LogP contribution in [0.5, 0.6) is 0 Å². The molecule has 0 heterocycles. The quantitative estimate of drug-likeness (QED) is 0.404. The highest BCUT2D eigenvalue weighted by molar-refractivity contribution is 6.60. The van der Waals surface area contributed by atoms with E-state index in [1.54, 1.807) is 18.2 Å². The summed E-state index contributed by atoms with van der Waals surface area (Å²) in [6, 6.07) is 5.09. The van der Waals surface area contributed by atoms with Gasteiger partial charge in [-0.1, -0.05) is 6.07 Å². The van der Waals surface area contributed by atoms with Crippen molar-refractivity contribution in [3.8, 4) is 0 Å². The molecule has 70 valence electrons. The minimum Gasteiger partial charge on any atom is -0.423 e. The zero-order chi connectivity index (χ0) is 10.0. The summed E-state index contributed by atoms with van der Waals surface area (Å²) in [6.45, 7) is 0. The van der Waals surface area contributed by atoms with E-state index in [2.05, 4.69) is 0 Å². The second kappa shape index (κ2) is 3.68. The number of nitrogens with two attached hydrogens (primary N) is 1. The summed E-state index contributed by atoms with van der Waals surface area (Å²) < 4.78 is 0. The molecule has 0 spiro atoms. The Bertz CT molecular complexity index is 302. The van der Waals surface area contributed by atoms with Crippen molar-refractivity contribution < 1.29 is 10.0 Å². The van der Waals surface area contributed by atoms with Crippen LogP contribution in [0.15, 0.2) is 18.2 Å². The molecule has 5 heteroatoms. The van der Waals surface area contributed by atoms with Crippen LogP contribution < -0.4 is 16.1 Å². The van der Waals surface area contributed by atoms with Gasteiger partial charge in [-0.2, -0.15) is 0 Å². The van der Waals surface area contributed by atoms with Crippen molar-refractivity contribution in [1.29, 1.82) is 0 Å². The van der Waals surface area contributed by atoms with E-state index < -0.39 is 7.12 Å². The van der Waals surface area contributed by atoms with Crippen LogP contribution in [0.4, 0.5) is 11.4 Å². The molecule has 4 nitrogen and oxygen atoms in total. The van der Waals surface area contributed by atoms with Crippen LogP contribution in [0.25, 0.3) is 0 Å². The van der Waals surface area contributed by atoms with Gasteiger partial charge in [0, 0.05) is 30.9 Å². The van der Waals surface area contributed by atoms with Crippen LogP contribution in [0.3, 0.4) is 0 Å². The first-order valence-corrected chi connectivity index (χ1v) is 3.95. The summed E-state index contributed by atoms with van der Waals surface area (Å²) in [4.78, 5) is 1.89. The standard InChI is InChI=1S/C8H13BN2O2/c1-11(2)6-3-4-7(9(12)13)8(10)5-6/h3-5,12-13H,10H2,1-2H3. The molecule has 0 aliphatic heterocycles. The highest BCUT2D eigenvalue weighted by Gasteiger charge is 2.14. The molecule has 1 rings (SSSR count). The van der Waals surface area contributed by atoms with Crippen LogP contribution >= 0.6 is 0 Å². The number of hydrogen-bond donors (Lipinski definition) is 3. The maximum Gasteiger partial charge on any atom is 0.490 e. The third-order valence-electron chi connectivity index (χ3n) is 1.86. The van der Waals surface area contributed by atoms with Crippen LogP contribution in [0.2, 0.25) is 0 Å². The van der Waals surface area contributed by atoms with Crippen molar-refractivity contribution >= 4 is 24.0 Å². The highest BCUT2D eigenvalue weighted by atomic mass is 16.4. The van der Waals surface area contributed by atoms with Crippen molar-refractivity contribution in [2.75, 3.05) is 24.7 Å². The van der Waals surface area contributed by atoms with Gasteiger partial charge in [-0.05, 0) is 12.1 Å². The average Bonchev–Trinajstić information content (AvgIpc) is 2.03. The second-order valence-electron chi connectivity index (χ2n) is 3.08. The smallest absolute Gasteiger partial charge is 0.423 e. The zero-order valence-corrected chi connectivity index (χ0v) is 7.73. The minimum absolute atomic E-state index is 0.339. The summed E-state index contributed by atoms with van der Waals surface area (Å²) in [5, 5.41) is 17.8. The Morgan fingerprint density at radius 1 is 1.31 bits per heavy atom. The molecule has 0 fully saturated rings. The molecule has 0 radical (unpaired) electrons. The fourth-order valence-electron chi connectivity index (χ4n) is 1.08. The van der Waals surface area contributed by atoms with E-state index in [-0.39, 0.29) is 0 Å². The lowest BCUT2D eigenvalue weighted by Gasteiger charge is -2.14. The molecule has 1 aromatic carbocycles. The third-order valence-corrected chi connectivity index (χ3v) is 1.86. The molecular formula is C8H13BN2O2. The molecule has 0 aliphatic rings. The molecule has 13 heavy (non-hydrogen) atoms. The van der Waals surface area contributed by atoms with E-state index in [0.29, 0.717) is 11.2 Å². The third kappa shape index (κ3) is 2.14. The van der Waals surface area contributed by atoms with E-state index in [9.17, 15) is 0 Å². The number of nitrogen functional groups attached to an aromatic ring is 1. The lowest BCUT2D eigenvalue weighted by molar-refractivity contribution is 0.426. The Morgan fingerprint density at radius 3 is 2.31 bits per heavy atom. The maximum atomic E-state index is 8.90. The van der Waals surface area contributed by atoms with Crippen LogP contribution in [-0.4, -0.2) is 31.3 Å². The van der Waals surface area contributed by atoms with Gasteiger partial charge >= 0.3 is 7.12 Å². The van der Waals surface area contributed by atoms with Crippen molar-refractivity contribution in [2.24, 2.45) is 0 Å². The highest BCUT2D eigenvalue weighted by Crippen LogP contribution is 2.13. The Kier molecular flexibility index (Phi) is 2.80. The van der Waals surface area contributed by atoms with E-state index >= 15 is 0 Å². The lowest BCUT2D eigenvalue weighted by atomic mass is 9.79. The SMILES string of the molecule is CN(C)c1ccc(B(O)O)c(N)c1. The average molecular weight is 180 g/mol. The fraction of sp³-hybridized carbons (Fsp3) is 0.250. The summed E-state index contributed by atoms with van der Waals surface area (Å²) in [7, 11) is 2.28. The molecule has 0 amide bonds. The summed E-state index contributed by atoms with van der Waals surface area (Å²) >= 11 is 0. The van der Waals surface area contributed by atoms with Gasteiger partial charge in [-0.15, -0.1) is 0 Å². The predicted molar refractivity (Wildman–Crippen MR) is 55.0 cm³/mol. The minimum atomic E-state index is -1.50. The molecule has 0 aliphatic carbocycles. The van der Waals surface area contributed by atoms with Gasteiger partial charge in [-0.3, -0.25) is 0 Å². The van der Waals surface area contributed by atoms with Gasteiger partial charge in [0.15, 0.2) is 0 Å². The number of benzene rings is 1. The van der Waals surface area contributed by atoms with Gasteiger partial charge in [0.25, 0.3) is 0 Å². The fourth-order valence-corrected chi connectivity index (χ4v) is 1.08. The predicted octanol–water partition coefficient (Wildman–Crippen LogP) is -0.985. The molecule has 0 saturated heterocycles. The van der Waals surface area contributed by atoms with Gasteiger partial charge < -0.3 is 20.7 Å². The molecule has 0 bridgehead atoms. The van der Waals surface area contributed by atoms with Crippen LogP contribution in [0, 0.1) is 0 Å². The van der Waals surface area contributed by atoms with Gasteiger partial charge in [0.1, 0.15) is 0 Å². The number of nitrogens with zero attached hydrogens (tertiary/aromatic N) is 1. The van der Waals surface area contributed by atoms with E-state index in [1.807, 2.05) is 19.0 Å². The molecule has 0 aromatic heterocycles. The molecule has 4 N–H and O–H groups in total. The van der Waals surface area contributed by atoms with Crippen molar-refractivity contribution in [3.05, 3.63) is 18.2 Å². The topological polar surface area (TPSA) is 69.7 Å². The van der Waals surface area contributed by atoms with Crippen LogP contribution in [0.1, 0.15) is 0 Å². The Labute approximate surface area is 77.7 Å². The zero-order valence-electron chi connectivity index (χ0n) is 7.73. The largest absolute Gasteiger partial charge is 0.490 e. The normalized spacial score (nSPS) is 9.85. The van der Waals surface area contributed by atoms with E-state index in [0.717, 1.165) is 5.69 Å². The van der Waals surface area contributed by atoms with Crippen molar-refractivity contribution in [1.82, 2.24) is 0 Å². The number of rotatable bonds is 2. The van der Waals surface area contributed by atoms with E-state index in [1.165, 1.54) is 0 Å². The molecular weight excluding hydrogens is 167 g/mol. The number of anilines is 2. The van der Waals surface area contributed by atoms with Gasteiger partial charge in [0.05, 0.1) is 0 Å². The van der Waals surface area contributed by atoms with E-state index in [4.69, 9.17) is 15.8 Å². The lowest BCUT2D eigenvalue weighted by Crippen LogP contribution is -2.32. The molecule has 0 saturated carbocycles. The Hall–Kier alpha value is -1.20. The molecule has 0 atom stereocenters. The van der Waals surface area contributed by atoms with Gasteiger partial charge in [0.2, 0.25) is 0 Å². The first-order valence-electron chi connectivity index (χ1n) is 3.95. The Balaban J connectivity index is 3.06. The second-order valence-corrected chi connectivity index (χ2v) is 3.08. The van der Waals surface area contributed by atoms with Crippen molar-refractivity contribution in [3.63, 3.8) is 0 Å². The summed E-state index contributed by atoms with van der Waals surface area (Å²) in [6.07, 6.45) is 0. The first-order chi connectivity index (χ1) is 6.02. The van der Waals surface area contributed by atoms with Crippen molar-refractivity contribution in [2.45, 2.75) is 0 Å². The molecule has 0 unspecified atom stereocenters. The van der Waals surface area contributed by atoms with Gasteiger partial charge in [-0.25, -0.2) is 0 Å².